The molecular formula is C51H32. The highest BCUT2D eigenvalue weighted by Gasteiger charge is 2.17. The van der Waals surface area contributed by atoms with E-state index < -0.39 is 103 Å². The molecule has 11 rings (SSSR count). The molecule has 0 saturated carbocycles. The first-order valence-electron chi connectivity index (χ1n) is 25.4. The molecule has 0 nitrogen and oxygen atoms in total. The fourth-order valence-corrected chi connectivity index (χ4v) is 7.46. The summed E-state index contributed by atoms with van der Waals surface area (Å²) < 4.78 is 163. The molecule has 0 radical (unpaired) electrons. The molecule has 0 unspecified atom stereocenters. The Morgan fingerprint density at radius 2 is 0.863 bits per heavy atom. The standard InChI is InChI=1S/C51H32/c1-2-8-32(9-3-1)42-26-25-39(30-41(42)31-40-21-20-37-18-16-33-10-6-12-35-22-27-44(40)50(37)48(33)35)43-14-4-5-15-45(43)46-28-23-38-19-17-34-11-7-13-36-24-29-47(46)51(38)49(34)36/h1-30H,31H2/i6D,7D,10D,11D,12D,13D,16D,17D,18D,19D,20D,21D,22D,23D,24D,27D,28D,29D. The predicted molar refractivity (Wildman–Crippen MR) is 219 cm³/mol. The van der Waals surface area contributed by atoms with Gasteiger partial charge in [-0.15, -0.1) is 0 Å². The van der Waals surface area contributed by atoms with Crippen molar-refractivity contribution in [3.63, 3.8) is 0 Å². The summed E-state index contributed by atoms with van der Waals surface area (Å²) >= 11 is 0. The number of rotatable bonds is 5. The van der Waals surface area contributed by atoms with Gasteiger partial charge in [0.15, 0.2) is 0 Å². The van der Waals surface area contributed by atoms with E-state index in [1.54, 1.807) is 24.3 Å². The molecule has 0 aliphatic heterocycles. The monoisotopic (exact) mass is 662 g/mol. The van der Waals surface area contributed by atoms with Gasteiger partial charge in [0.1, 0.15) is 0 Å². The number of hydrogen-bond donors (Lipinski definition) is 0. The van der Waals surface area contributed by atoms with E-state index in [2.05, 4.69) is 0 Å². The minimum Gasteiger partial charge on any atom is -0.0622 e. The highest BCUT2D eigenvalue weighted by molar-refractivity contribution is 6.26. The highest BCUT2D eigenvalue weighted by Crippen LogP contribution is 2.43. The Hall–Kier alpha value is -6.50. The molecule has 236 valence electrons. The van der Waals surface area contributed by atoms with Crippen LogP contribution in [-0.2, 0) is 6.42 Å². The van der Waals surface area contributed by atoms with Crippen molar-refractivity contribution in [2.75, 3.05) is 0 Å². The molecule has 0 aliphatic carbocycles. The molecule has 51 heavy (non-hydrogen) atoms. The molecule has 0 heteroatoms. The second kappa shape index (κ2) is 11.0. The Kier molecular flexibility index (Phi) is 3.46. The summed E-state index contributed by atoms with van der Waals surface area (Å²) in [5.74, 6) is 0. The van der Waals surface area contributed by atoms with Gasteiger partial charge in [-0.05, 0) is 116 Å². The van der Waals surface area contributed by atoms with E-state index in [9.17, 15) is 9.60 Å². The molecule has 0 amide bonds. The van der Waals surface area contributed by atoms with Gasteiger partial charge in [-0.2, -0.15) is 0 Å². The third-order valence-corrected chi connectivity index (χ3v) is 9.77. The van der Waals surface area contributed by atoms with E-state index in [1.807, 2.05) is 48.5 Å². The Morgan fingerprint density at radius 3 is 1.55 bits per heavy atom. The molecule has 0 atom stereocenters. The molecule has 0 aliphatic rings. The van der Waals surface area contributed by atoms with Crippen LogP contribution in [0.4, 0.5) is 0 Å². The highest BCUT2D eigenvalue weighted by atomic mass is 14.2. The third-order valence-electron chi connectivity index (χ3n) is 9.77. The van der Waals surface area contributed by atoms with Crippen molar-refractivity contribution in [3.8, 4) is 33.4 Å². The Labute approximate surface area is 321 Å². The summed E-state index contributed by atoms with van der Waals surface area (Å²) in [7, 11) is 0. The number of hydrogen-bond acceptors (Lipinski definition) is 0. The van der Waals surface area contributed by atoms with Gasteiger partial charge in [-0.25, -0.2) is 0 Å². The SMILES string of the molecule is [2H]c1c([2H])c2c([2H])c([2H])c3c([2H])c([2H])c(Cc4cc(-c5ccccc5-c5c([2H])c([2H])c6c([2H])c([2H])c7c([2H])c([2H])c([2H])c8c([2H])c([2H])c5c6c78)ccc4-c4ccccc4)c4c([2H])c([2H])c(c1[2H])c2c34. The molecule has 11 aromatic rings. The van der Waals surface area contributed by atoms with Gasteiger partial charge in [-0.1, -0.05) is 182 Å². The zero-order valence-electron chi connectivity index (χ0n) is 44.6. The van der Waals surface area contributed by atoms with Crippen molar-refractivity contribution in [2.24, 2.45) is 0 Å². The van der Waals surface area contributed by atoms with E-state index in [1.165, 1.54) is 0 Å². The van der Waals surface area contributed by atoms with Crippen LogP contribution < -0.4 is 0 Å². The summed E-state index contributed by atoms with van der Waals surface area (Å²) in [6.07, 6.45) is -0.125. The Balaban J connectivity index is 1.22. The summed E-state index contributed by atoms with van der Waals surface area (Å²) in [6.45, 7) is 0. The van der Waals surface area contributed by atoms with Crippen molar-refractivity contribution in [2.45, 2.75) is 6.42 Å². The molecule has 11 aromatic carbocycles. The molecule has 0 heterocycles. The summed E-state index contributed by atoms with van der Waals surface area (Å²) in [4.78, 5) is 0. The largest absolute Gasteiger partial charge is 0.0630 e. The van der Waals surface area contributed by atoms with E-state index in [0.717, 1.165) is 5.56 Å². The average molecular weight is 663 g/mol. The molecule has 0 bridgehead atoms. The van der Waals surface area contributed by atoms with Crippen LogP contribution in [-0.4, -0.2) is 0 Å². The van der Waals surface area contributed by atoms with Crippen molar-refractivity contribution < 1.29 is 24.7 Å². The fourth-order valence-electron chi connectivity index (χ4n) is 7.46. The lowest BCUT2D eigenvalue weighted by Gasteiger charge is -2.19. The van der Waals surface area contributed by atoms with Gasteiger partial charge in [0.05, 0.1) is 24.7 Å². The molecule has 0 N–H and O–H groups in total. The maximum absolute atomic E-state index is 9.51. The lowest BCUT2D eigenvalue weighted by atomic mass is 9.85. The van der Waals surface area contributed by atoms with Gasteiger partial charge < -0.3 is 0 Å². The zero-order chi connectivity index (χ0) is 49.1. The summed E-state index contributed by atoms with van der Waals surface area (Å²) in [5, 5.41) is -0.632. The van der Waals surface area contributed by atoms with Crippen LogP contribution in [0.3, 0.4) is 0 Å². The molecule has 0 spiro atoms. The van der Waals surface area contributed by atoms with E-state index >= 15 is 0 Å². The minimum atomic E-state index is -0.568. The van der Waals surface area contributed by atoms with E-state index in [4.69, 9.17) is 15.1 Å². The van der Waals surface area contributed by atoms with Crippen LogP contribution in [0, 0.1) is 0 Å². The maximum Gasteiger partial charge on any atom is 0.0630 e. The lowest BCUT2D eigenvalue weighted by molar-refractivity contribution is 1.22. The smallest absolute Gasteiger partial charge is 0.0622 e. The zero-order valence-corrected chi connectivity index (χ0v) is 26.6. The van der Waals surface area contributed by atoms with Crippen molar-refractivity contribution in [3.05, 3.63) is 193 Å². The minimum absolute atomic E-state index is 0.00515. The maximum atomic E-state index is 9.51. The van der Waals surface area contributed by atoms with Crippen LogP contribution in [0.1, 0.15) is 35.8 Å². The Morgan fingerprint density at radius 1 is 0.333 bits per heavy atom. The normalized spacial score (nSPS) is 16.9. The first-order valence-corrected chi connectivity index (χ1v) is 16.4. The fraction of sp³-hybridized carbons (Fsp3) is 0.0196. The topological polar surface area (TPSA) is 0 Å². The van der Waals surface area contributed by atoms with Crippen molar-refractivity contribution >= 4 is 64.6 Å². The van der Waals surface area contributed by atoms with E-state index in [-0.39, 0.29) is 88.2 Å². The molecular weight excluding hydrogens is 613 g/mol. The van der Waals surface area contributed by atoms with E-state index in [0.29, 0.717) is 27.8 Å². The van der Waals surface area contributed by atoms with Crippen LogP contribution in [0.25, 0.3) is 98.0 Å². The summed E-state index contributed by atoms with van der Waals surface area (Å²) in [6, 6.07) is 13.3. The van der Waals surface area contributed by atoms with Crippen molar-refractivity contribution in [1.29, 1.82) is 0 Å². The van der Waals surface area contributed by atoms with Gasteiger partial charge in [0.25, 0.3) is 0 Å². The first-order chi connectivity index (χ1) is 32.8. The summed E-state index contributed by atoms with van der Waals surface area (Å²) in [5.41, 5.74) is 3.60. The first kappa shape index (κ1) is 16.0. The van der Waals surface area contributed by atoms with Gasteiger partial charge in [0, 0.05) is 0 Å². The van der Waals surface area contributed by atoms with Gasteiger partial charge >= 0.3 is 0 Å². The quantitative estimate of drug-likeness (QED) is 0.161. The second-order valence-electron chi connectivity index (χ2n) is 12.6. The Bertz CT molecular complexity index is 4080. The number of benzene rings is 11. The van der Waals surface area contributed by atoms with Crippen LogP contribution in [0.2, 0.25) is 0 Å². The van der Waals surface area contributed by atoms with Crippen LogP contribution in [0.5, 0.6) is 0 Å². The van der Waals surface area contributed by atoms with Crippen LogP contribution >= 0.6 is 0 Å². The predicted octanol–water partition coefficient (Wildman–Crippen LogP) is 14.1. The average Bonchev–Trinajstić information content (AvgIpc) is 3.34. The third kappa shape index (κ3) is 4.33. The molecule has 0 fully saturated rings. The van der Waals surface area contributed by atoms with Gasteiger partial charge in [-0.3, -0.25) is 0 Å². The van der Waals surface area contributed by atoms with Gasteiger partial charge in [0.2, 0.25) is 0 Å². The molecule has 0 saturated heterocycles. The second-order valence-corrected chi connectivity index (χ2v) is 12.6. The molecule has 0 aromatic heterocycles. The lowest BCUT2D eigenvalue weighted by Crippen LogP contribution is -1.97. The van der Waals surface area contributed by atoms with Crippen molar-refractivity contribution in [1.82, 2.24) is 0 Å². The van der Waals surface area contributed by atoms with Crippen LogP contribution in [0.15, 0.2) is 182 Å².